The molecule has 1 heterocycles. The van der Waals surface area contributed by atoms with E-state index in [9.17, 15) is 9.50 Å². The van der Waals surface area contributed by atoms with Gasteiger partial charge in [0.1, 0.15) is 23.8 Å². The third-order valence-electron chi connectivity index (χ3n) is 2.82. The van der Waals surface area contributed by atoms with Gasteiger partial charge < -0.3 is 14.7 Å². The minimum Gasteiger partial charge on any atom is -0.488 e. The summed E-state index contributed by atoms with van der Waals surface area (Å²) in [5.74, 6) is 0.325. The lowest BCUT2D eigenvalue weighted by Crippen LogP contribution is -2.47. The Bertz CT molecular complexity index is 341. The Morgan fingerprint density at radius 1 is 1.38 bits per heavy atom. The molecular formula is C12H16FNO2. The second kappa shape index (κ2) is 4.80. The number of ether oxygens (including phenoxy) is 1. The van der Waals surface area contributed by atoms with E-state index >= 15 is 0 Å². The van der Waals surface area contributed by atoms with Gasteiger partial charge >= 0.3 is 0 Å². The molecule has 0 radical (unpaired) electrons. The molecule has 0 saturated carbocycles. The van der Waals surface area contributed by atoms with Crippen molar-refractivity contribution in [1.82, 2.24) is 4.90 Å². The molecular weight excluding hydrogens is 209 g/mol. The van der Waals surface area contributed by atoms with Crippen LogP contribution in [0.15, 0.2) is 24.3 Å². The molecule has 0 amide bonds. The number of hydrogen-bond donors (Lipinski definition) is 1. The average Bonchev–Trinajstić information content (AvgIpc) is 2.25. The van der Waals surface area contributed by atoms with Gasteiger partial charge in [0, 0.05) is 13.1 Å². The Hall–Kier alpha value is -1.13. The molecule has 1 aliphatic heterocycles. The molecule has 1 aliphatic rings. The fourth-order valence-corrected chi connectivity index (χ4v) is 1.89. The van der Waals surface area contributed by atoms with Crippen LogP contribution in [0.4, 0.5) is 4.39 Å². The molecule has 0 aliphatic carbocycles. The highest BCUT2D eigenvalue weighted by Gasteiger charge is 2.27. The van der Waals surface area contributed by atoms with Crippen LogP contribution < -0.4 is 4.74 Å². The Kier molecular flexibility index (Phi) is 3.41. The highest BCUT2D eigenvalue weighted by atomic mass is 19.1. The lowest BCUT2D eigenvalue weighted by Gasteiger charge is -2.33. The maximum Gasteiger partial charge on any atom is 0.127 e. The Balaban J connectivity index is 1.96. The van der Waals surface area contributed by atoms with E-state index in [0.29, 0.717) is 12.3 Å². The molecule has 3 nitrogen and oxygen atoms in total. The molecule has 0 unspecified atom stereocenters. The number of likely N-dealkylation sites (tertiary alicyclic amines) is 1. The van der Waals surface area contributed by atoms with Gasteiger partial charge in [-0.05, 0) is 37.7 Å². The zero-order chi connectivity index (χ0) is 11.5. The summed E-state index contributed by atoms with van der Waals surface area (Å²) in [6.07, 6.45) is 0.111. The van der Waals surface area contributed by atoms with Crippen molar-refractivity contribution in [2.75, 3.05) is 20.1 Å². The first-order chi connectivity index (χ1) is 7.65. The average molecular weight is 225 g/mol. The zero-order valence-electron chi connectivity index (χ0n) is 9.27. The zero-order valence-corrected chi connectivity index (χ0v) is 9.27. The highest BCUT2D eigenvalue weighted by molar-refractivity contribution is 5.22. The smallest absolute Gasteiger partial charge is 0.127 e. The van der Waals surface area contributed by atoms with Crippen LogP contribution in [0.1, 0.15) is 6.42 Å². The lowest BCUT2D eigenvalue weighted by molar-refractivity contribution is -0.0182. The van der Waals surface area contributed by atoms with Crippen molar-refractivity contribution in [1.29, 1.82) is 0 Å². The van der Waals surface area contributed by atoms with Gasteiger partial charge in [-0.2, -0.15) is 0 Å². The van der Waals surface area contributed by atoms with E-state index in [-0.39, 0.29) is 11.9 Å². The number of aliphatic hydroxyl groups excluding tert-OH is 1. The molecule has 1 N–H and O–H groups in total. The molecule has 2 atom stereocenters. The molecule has 1 saturated heterocycles. The summed E-state index contributed by atoms with van der Waals surface area (Å²) in [6, 6.07) is 5.88. The van der Waals surface area contributed by atoms with Crippen LogP contribution >= 0.6 is 0 Å². The minimum absolute atomic E-state index is 0.193. The number of piperidine rings is 1. The molecule has 88 valence electrons. The van der Waals surface area contributed by atoms with E-state index in [1.165, 1.54) is 12.1 Å². The Morgan fingerprint density at radius 3 is 2.69 bits per heavy atom. The van der Waals surface area contributed by atoms with Gasteiger partial charge in [-0.25, -0.2) is 4.39 Å². The van der Waals surface area contributed by atoms with Gasteiger partial charge in [-0.1, -0.05) is 0 Å². The van der Waals surface area contributed by atoms with Gasteiger partial charge in [-0.15, -0.1) is 0 Å². The summed E-state index contributed by atoms with van der Waals surface area (Å²) in [6.45, 7) is 1.52. The maximum atomic E-state index is 12.7. The van der Waals surface area contributed by atoms with Gasteiger partial charge in [0.15, 0.2) is 0 Å². The molecule has 16 heavy (non-hydrogen) atoms. The van der Waals surface area contributed by atoms with Crippen LogP contribution in [-0.2, 0) is 0 Å². The number of likely N-dealkylation sites (N-methyl/N-ethyl adjacent to an activating group) is 1. The fraction of sp³-hybridized carbons (Fsp3) is 0.500. The third-order valence-corrected chi connectivity index (χ3v) is 2.82. The summed E-state index contributed by atoms with van der Waals surface area (Å²) in [4.78, 5) is 2.06. The SMILES string of the molecule is CN1CC[C@H](Oc2ccc(F)cc2)[C@H](O)C1. The predicted octanol–water partition coefficient (Wildman–Crippen LogP) is 1.27. The van der Waals surface area contributed by atoms with Crippen molar-refractivity contribution in [2.45, 2.75) is 18.6 Å². The van der Waals surface area contributed by atoms with Crippen LogP contribution in [0, 0.1) is 5.82 Å². The Labute approximate surface area is 94.4 Å². The molecule has 0 spiro atoms. The number of rotatable bonds is 2. The fourth-order valence-electron chi connectivity index (χ4n) is 1.89. The first kappa shape index (κ1) is 11.4. The lowest BCUT2D eigenvalue weighted by atomic mass is 10.1. The molecule has 1 fully saturated rings. The van der Waals surface area contributed by atoms with Crippen LogP contribution in [0.3, 0.4) is 0 Å². The van der Waals surface area contributed by atoms with Gasteiger partial charge in [0.05, 0.1) is 0 Å². The molecule has 0 aromatic heterocycles. The van der Waals surface area contributed by atoms with Crippen LogP contribution in [0.5, 0.6) is 5.75 Å². The molecule has 0 bridgehead atoms. The monoisotopic (exact) mass is 225 g/mol. The normalized spacial score (nSPS) is 26.7. The number of benzene rings is 1. The predicted molar refractivity (Wildman–Crippen MR) is 58.9 cm³/mol. The number of aliphatic hydroxyl groups is 1. The van der Waals surface area contributed by atoms with Gasteiger partial charge in [-0.3, -0.25) is 0 Å². The summed E-state index contributed by atoms with van der Waals surface area (Å²) in [5.41, 5.74) is 0. The van der Waals surface area contributed by atoms with Crippen molar-refractivity contribution in [3.05, 3.63) is 30.1 Å². The standard InChI is InChI=1S/C12H16FNO2/c1-14-7-6-12(11(15)8-14)16-10-4-2-9(13)3-5-10/h2-5,11-12,15H,6-8H2,1H3/t11-,12+/m1/s1. The first-order valence-electron chi connectivity index (χ1n) is 5.44. The number of β-amino-alcohol motifs (C(OH)–C–C–N with tert-alkyl or cyclic N) is 1. The van der Waals surface area contributed by atoms with Crippen LogP contribution in [0.2, 0.25) is 0 Å². The summed E-state index contributed by atoms with van der Waals surface area (Å²) >= 11 is 0. The van der Waals surface area contributed by atoms with Crippen molar-refractivity contribution >= 4 is 0 Å². The van der Waals surface area contributed by atoms with E-state index in [4.69, 9.17) is 4.74 Å². The van der Waals surface area contributed by atoms with E-state index in [2.05, 4.69) is 4.90 Å². The number of hydrogen-bond acceptors (Lipinski definition) is 3. The van der Waals surface area contributed by atoms with Gasteiger partial charge in [0.25, 0.3) is 0 Å². The van der Waals surface area contributed by atoms with Crippen LogP contribution in [-0.4, -0.2) is 42.4 Å². The quantitative estimate of drug-likeness (QED) is 0.822. The highest BCUT2D eigenvalue weighted by Crippen LogP contribution is 2.19. The molecule has 4 heteroatoms. The summed E-state index contributed by atoms with van der Waals surface area (Å²) in [5, 5.41) is 9.81. The third kappa shape index (κ3) is 2.71. The summed E-state index contributed by atoms with van der Waals surface area (Å²) in [7, 11) is 1.97. The minimum atomic E-state index is -0.483. The molecule has 1 aromatic rings. The van der Waals surface area contributed by atoms with E-state index in [0.717, 1.165) is 13.0 Å². The van der Waals surface area contributed by atoms with E-state index < -0.39 is 6.10 Å². The second-order valence-corrected chi connectivity index (χ2v) is 4.23. The Morgan fingerprint density at radius 2 is 2.06 bits per heavy atom. The number of halogens is 1. The van der Waals surface area contributed by atoms with Crippen molar-refractivity contribution in [3.63, 3.8) is 0 Å². The topological polar surface area (TPSA) is 32.7 Å². The maximum absolute atomic E-state index is 12.7. The van der Waals surface area contributed by atoms with Gasteiger partial charge in [0.2, 0.25) is 0 Å². The van der Waals surface area contributed by atoms with Crippen molar-refractivity contribution in [3.8, 4) is 5.75 Å². The van der Waals surface area contributed by atoms with Crippen molar-refractivity contribution < 1.29 is 14.2 Å². The van der Waals surface area contributed by atoms with Crippen LogP contribution in [0.25, 0.3) is 0 Å². The first-order valence-corrected chi connectivity index (χ1v) is 5.44. The van der Waals surface area contributed by atoms with E-state index in [1.54, 1.807) is 12.1 Å². The molecule has 1 aromatic carbocycles. The van der Waals surface area contributed by atoms with E-state index in [1.807, 2.05) is 7.05 Å². The number of nitrogens with zero attached hydrogens (tertiary/aromatic N) is 1. The second-order valence-electron chi connectivity index (χ2n) is 4.23. The molecule has 2 rings (SSSR count). The summed E-state index contributed by atoms with van der Waals surface area (Å²) < 4.78 is 18.3. The largest absolute Gasteiger partial charge is 0.488 e. The van der Waals surface area contributed by atoms with Crippen molar-refractivity contribution in [2.24, 2.45) is 0 Å².